The molecule has 2 aromatic heterocycles. The van der Waals surface area contributed by atoms with Crippen LogP contribution in [0.15, 0.2) is 36.7 Å². The number of para-hydroxylation sites is 1. The molecule has 0 spiro atoms. The molecule has 136 valence electrons. The molecule has 3 aromatic rings. The fourth-order valence-electron chi connectivity index (χ4n) is 3.30. The third kappa shape index (κ3) is 3.32. The summed E-state index contributed by atoms with van der Waals surface area (Å²) in [7, 11) is 0. The number of hydrogen-bond donors (Lipinski definition) is 3. The molecule has 26 heavy (non-hydrogen) atoms. The molecule has 1 aliphatic carbocycles. The molecule has 4 rings (SSSR count). The van der Waals surface area contributed by atoms with Crippen LogP contribution in [0.2, 0.25) is 0 Å². The van der Waals surface area contributed by atoms with Gasteiger partial charge in [0.2, 0.25) is 0 Å². The van der Waals surface area contributed by atoms with Crippen LogP contribution in [0.25, 0.3) is 5.65 Å². The highest BCUT2D eigenvalue weighted by atomic mass is 19.1. The molecule has 1 aliphatic rings. The largest absolute Gasteiger partial charge is 0.366 e. The number of nitrogens with one attached hydrogen (secondary N) is 2. The van der Waals surface area contributed by atoms with E-state index < -0.39 is 11.6 Å². The Bertz CT molecular complexity index is 897. The second-order valence-corrected chi connectivity index (χ2v) is 6.62. The maximum atomic E-state index is 14.0. The van der Waals surface area contributed by atoms with Crippen LogP contribution in [0.1, 0.15) is 25.7 Å². The SMILES string of the molecule is N[C@H]1CC[C@H](Nc2cc(Nc3c(F)cccc3F)c3nccn3n2)CC1. The van der Waals surface area contributed by atoms with Gasteiger partial charge in [0.15, 0.2) is 5.65 Å². The molecular weight excluding hydrogens is 338 g/mol. The number of benzene rings is 1. The Balaban J connectivity index is 1.65. The molecule has 2 heterocycles. The molecule has 0 atom stereocenters. The highest BCUT2D eigenvalue weighted by Crippen LogP contribution is 2.28. The van der Waals surface area contributed by atoms with Crippen LogP contribution in [0.5, 0.6) is 0 Å². The van der Waals surface area contributed by atoms with Crippen LogP contribution in [0.4, 0.5) is 26.0 Å². The fraction of sp³-hybridized carbons (Fsp3) is 0.333. The number of aromatic nitrogens is 3. The normalized spacial score (nSPS) is 20.3. The van der Waals surface area contributed by atoms with E-state index in [4.69, 9.17) is 5.73 Å². The van der Waals surface area contributed by atoms with Crippen LogP contribution in [-0.2, 0) is 0 Å². The van der Waals surface area contributed by atoms with Crippen molar-refractivity contribution in [2.45, 2.75) is 37.8 Å². The minimum Gasteiger partial charge on any atom is -0.366 e. The van der Waals surface area contributed by atoms with Gasteiger partial charge in [0, 0.05) is 30.5 Å². The zero-order chi connectivity index (χ0) is 18.1. The molecule has 8 heteroatoms. The summed E-state index contributed by atoms with van der Waals surface area (Å²) in [4.78, 5) is 4.22. The lowest BCUT2D eigenvalue weighted by Crippen LogP contribution is -2.33. The van der Waals surface area contributed by atoms with Crippen LogP contribution in [0, 0.1) is 11.6 Å². The second-order valence-electron chi connectivity index (χ2n) is 6.62. The second kappa shape index (κ2) is 6.87. The van der Waals surface area contributed by atoms with Crippen molar-refractivity contribution in [1.82, 2.24) is 14.6 Å². The van der Waals surface area contributed by atoms with Gasteiger partial charge in [-0.05, 0) is 37.8 Å². The van der Waals surface area contributed by atoms with Gasteiger partial charge in [-0.1, -0.05) is 6.07 Å². The van der Waals surface area contributed by atoms with Crippen LogP contribution in [0.3, 0.4) is 0 Å². The molecule has 4 N–H and O–H groups in total. The average molecular weight is 358 g/mol. The average Bonchev–Trinajstić information content (AvgIpc) is 3.09. The number of halogens is 2. The summed E-state index contributed by atoms with van der Waals surface area (Å²) in [6, 6.07) is 6.01. The molecule has 1 fully saturated rings. The molecule has 0 unspecified atom stereocenters. The van der Waals surface area contributed by atoms with Crippen molar-refractivity contribution in [3.05, 3.63) is 48.3 Å². The van der Waals surface area contributed by atoms with E-state index in [1.54, 1.807) is 23.0 Å². The standard InChI is InChI=1S/C18H20F2N6/c19-13-2-1-3-14(20)17(13)24-15-10-16(25-26-9-8-22-18(15)26)23-12-6-4-11(21)5-7-12/h1-3,8-12,24H,4-7,21H2,(H,23,25)/t11-,12-. The molecule has 0 amide bonds. The lowest BCUT2D eigenvalue weighted by molar-refractivity contribution is 0.410. The molecule has 0 aliphatic heterocycles. The quantitative estimate of drug-likeness (QED) is 0.666. The predicted molar refractivity (Wildman–Crippen MR) is 96.5 cm³/mol. The van der Waals surface area contributed by atoms with E-state index in [-0.39, 0.29) is 17.8 Å². The molecule has 0 radical (unpaired) electrons. The number of nitrogens with two attached hydrogens (primary N) is 1. The highest BCUT2D eigenvalue weighted by Gasteiger charge is 2.20. The zero-order valence-electron chi connectivity index (χ0n) is 14.1. The van der Waals surface area contributed by atoms with Crippen LogP contribution in [-0.4, -0.2) is 26.7 Å². The summed E-state index contributed by atoms with van der Waals surface area (Å²) in [6.45, 7) is 0. The third-order valence-corrected chi connectivity index (χ3v) is 4.71. The van der Waals surface area contributed by atoms with Crippen molar-refractivity contribution in [1.29, 1.82) is 0 Å². The third-order valence-electron chi connectivity index (χ3n) is 4.71. The molecule has 1 aromatic carbocycles. The van der Waals surface area contributed by atoms with Gasteiger partial charge < -0.3 is 16.4 Å². The first-order chi connectivity index (χ1) is 12.6. The van der Waals surface area contributed by atoms with Crippen molar-refractivity contribution in [2.75, 3.05) is 10.6 Å². The first-order valence-electron chi connectivity index (χ1n) is 8.67. The number of nitrogens with zero attached hydrogens (tertiary/aromatic N) is 3. The summed E-state index contributed by atoms with van der Waals surface area (Å²) < 4.78 is 29.6. The van der Waals surface area contributed by atoms with Gasteiger partial charge in [-0.25, -0.2) is 18.3 Å². The summed E-state index contributed by atoms with van der Waals surface area (Å²) in [5.74, 6) is -0.709. The number of anilines is 3. The van der Waals surface area contributed by atoms with E-state index in [2.05, 4.69) is 20.7 Å². The van der Waals surface area contributed by atoms with Crippen molar-refractivity contribution >= 4 is 22.8 Å². The fourth-order valence-corrected chi connectivity index (χ4v) is 3.30. The van der Waals surface area contributed by atoms with Crippen LogP contribution < -0.4 is 16.4 Å². The van der Waals surface area contributed by atoms with Crippen molar-refractivity contribution in [3.63, 3.8) is 0 Å². The van der Waals surface area contributed by atoms with Crippen molar-refractivity contribution in [3.8, 4) is 0 Å². The number of hydrogen-bond acceptors (Lipinski definition) is 5. The van der Waals surface area contributed by atoms with Gasteiger partial charge in [-0.3, -0.25) is 0 Å². The molecular formula is C18H20F2N6. The molecule has 0 bridgehead atoms. The minimum atomic E-state index is -0.665. The Morgan fingerprint density at radius 1 is 1.12 bits per heavy atom. The maximum absolute atomic E-state index is 14.0. The van der Waals surface area contributed by atoms with Gasteiger partial charge >= 0.3 is 0 Å². The zero-order valence-corrected chi connectivity index (χ0v) is 14.1. The Morgan fingerprint density at radius 3 is 2.58 bits per heavy atom. The minimum absolute atomic E-state index is 0.210. The number of fused-ring (bicyclic) bond motifs is 1. The van der Waals surface area contributed by atoms with Gasteiger partial charge in [0.1, 0.15) is 23.1 Å². The van der Waals surface area contributed by atoms with E-state index in [1.807, 2.05) is 0 Å². The molecule has 0 saturated heterocycles. The van der Waals surface area contributed by atoms with E-state index >= 15 is 0 Å². The smallest absolute Gasteiger partial charge is 0.177 e. The first kappa shape index (κ1) is 16.7. The Kier molecular flexibility index (Phi) is 4.42. The maximum Gasteiger partial charge on any atom is 0.177 e. The number of rotatable bonds is 4. The van der Waals surface area contributed by atoms with Gasteiger partial charge in [-0.15, -0.1) is 5.10 Å². The lowest BCUT2D eigenvalue weighted by atomic mass is 9.92. The molecule has 1 saturated carbocycles. The van der Waals surface area contributed by atoms with Crippen molar-refractivity contribution < 1.29 is 8.78 Å². The van der Waals surface area contributed by atoms with E-state index in [0.717, 1.165) is 25.7 Å². The molecule has 6 nitrogen and oxygen atoms in total. The van der Waals surface area contributed by atoms with Crippen LogP contribution >= 0.6 is 0 Å². The van der Waals surface area contributed by atoms with E-state index in [1.165, 1.54) is 18.2 Å². The number of imidazole rings is 1. The topological polar surface area (TPSA) is 80.3 Å². The van der Waals surface area contributed by atoms with Gasteiger partial charge in [0.05, 0.1) is 5.69 Å². The van der Waals surface area contributed by atoms with Crippen molar-refractivity contribution in [2.24, 2.45) is 5.73 Å². The summed E-state index contributed by atoms with van der Waals surface area (Å²) in [5, 5.41) is 10.7. The summed E-state index contributed by atoms with van der Waals surface area (Å²) in [5.41, 5.74) is 6.71. The summed E-state index contributed by atoms with van der Waals surface area (Å²) in [6.07, 6.45) is 7.16. The monoisotopic (exact) mass is 358 g/mol. The Labute approximate surface area is 149 Å². The van der Waals surface area contributed by atoms with Gasteiger partial charge in [-0.2, -0.15) is 0 Å². The first-order valence-corrected chi connectivity index (χ1v) is 8.67. The van der Waals surface area contributed by atoms with Gasteiger partial charge in [0.25, 0.3) is 0 Å². The highest BCUT2D eigenvalue weighted by molar-refractivity contribution is 5.76. The van der Waals surface area contributed by atoms with E-state index in [9.17, 15) is 8.78 Å². The van der Waals surface area contributed by atoms with E-state index in [0.29, 0.717) is 17.2 Å². The Hall–Kier alpha value is -2.74. The summed E-state index contributed by atoms with van der Waals surface area (Å²) >= 11 is 0. The lowest BCUT2D eigenvalue weighted by Gasteiger charge is -2.27. The predicted octanol–water partition coefficient (Wildman–Crippen LogP) is 3.43. The Morgan fingerprint density at radius 2 is 1.85 bits per heavy atom.